The number of fused-ring (bicyclic) bond motifs is 1. The lowest BCUT2D eigenvalue weighted by Gasteiger charge is -2.29. The van der Waals surface area contributed by atoms with Gasteiger partial charge in [0.15, 0.2) is 12.8 Å². The van der Waals surface area contributed by atoms with E-state index in [0.717, 1.165) is 37.0 Å². The van der Waals surface area contributed by atoms with E-state index in [9.17, 15) is 72.1 Å². The molecule has 2 aliphatic heterocycles. The fourth-order valence-corrected chi connectivity index (χ4v) is 12.5. The summed E-state index contributed by atoms with van der Waals surface area (Å²) in [4.78, 5) is 181. The van der Waals surface area contributed by atoms with Crippen LogP contribution in [0.3, 0.4) is 0 Å². The van der Waals surface area contributed by atoms with Gasteiger partial charge in [0.2, 0.25) is 53.2 Å². The average Bonchev–Trinajstić information content (AvgIpc) is 1.61. The van der Waals surface area contributed by atoms with Crippen LogP contribution < -0.4 is 92.1 Å². The number of H-pyrrole nitrogens is 1. The molecule has 3 heterocycles. The fourth-order valence-electron chi connectivity index (χ4n) is 12.1. The molecular formula is C71H110FN20O15P. The minimum absolute atomic E-state index is 0.00522. The van der Waals surface area contributed by atoms with Crippen molar-refractivity contribution in [3.05, 3.63) is 88.0 Å². The van der Waals surface area contributed by atoms with Gasteiger partial charge in [-0.25, -0.2) is 9.18 Å². The predicted molar refractivity (Wildman–Crippen MR) is 406 cm³/mol. The molecule has 0 saturated carbocycles. The molecule has 0 spiro atoms. The van der Waals surface area contributed by atoms with Crippen LogP contribution in [0.25, 0.3) is 11.6 Å². The number of aryl methyl sites for hydroxylation is 1. The summed E-state index contributed by atoms with van der Waals surface area (Å²) in [6.07, 6.45) is -4.47. The van der Waals surface area contributed by atoms with Crippen LogP contribution in [0.1, 0.15) is 125 Å². The van der Waals surface area contributed by atoms with Gasteiger partial charge in [-0.2, -0.15) is 0 Å². The van der Waals surface area contributed by atoms with Crippen molar-refractivity contribution in [1.29, 1.82) is 0 Å². The molecule has 596 valence electrons. The number of nitrogens with two attached hydrogens (primary N) is 5. The Morgan fingerprint density at radius 1 is 0.713 bits per heavy atom. The zero-order valence-electron chi connectivity index (χ0n) is 62.5. The molecule has 35 nitrogen and oxygen atoms in total. The Morgan fingerprint density at radius 2 is 1.28 bits per heavy atom. The summed E-state index contributed by atoms with van der Waals surface area (Å²) in [5.74, 6) is -10.5. The Morgan fingerprint density at radius 3 is 1.86 bits per heavy atom. The van der Waals surface area contributed by atoms with Crippen molar-refractivity contribution >= 4 is 103 Å². The Hall–Kier alpha value is -9.39. The molecule has 0 radical (unpaired) electrons. The van der Waals surface area contributed by atoms with E-state index in [4.69, 9.17) is 33.4 Å². The normalized spacial score (nSPS) is 21.2. The van der Waals surface area contributed by atoms with Crippen LogP contribution in [0.2, 0.25) is 0 Å². The van der Waals surface area contributed by atoms with Crippen molar-refractivity contribution in [3.63, 3.8) is 0 Å². The minimum Gasteiger partial charge on any atom is -0.428 e. The minimum atomic E-state index is -1.88. The number of carbonyl (C=O) groups is 12. The SMILES string of the molecule is CCN(CC)CCNC(=O)c1c(C)[nH]c(/C=C2\C(=O)N(COC(=O)N[C@@H](CCN)C(=O)N[C@H](C(=O)N[C@@H](CCN)C(=O)N[C@H]3CCNC(=O)[C@H]([C@@H](C)O)N=C(P)[C@H](CCN)NC(=O)[C@H](CCN)NC(=O)[C@H](CC(C)C)NC(=O)[C@@H](Cc4ccccc4)NC(=O)[C@H](CCN)NC3=O)[C@@H](C)O)c3ccc(F)cc32)c1C. The lowest BCUT2D eigenvalue weighted by Crippen LogP contribution is -2.62. The number of likely N-dealkylation sites (N-methyl/N-ethyl adjacent to an activating group) is 1. The molecule has 37 heteroatoms. The first-order valence-electron chi connectivity index (χ1n) is 36.3. The van der Waals surface area contributed by atoms with Crippen molar-refractivity contribution in [2.75, 3.05) is 77.1 Å². The third-order valence-corrected chi connectivity index (χ3v) is 18.6. The zero-order chi connectivity index (χ0) is 80.1. The molecule has 0 aliphatic carbocycles. The van der Waals surface area contributed by atoms with Gasteiger partial charge in [0.25, 0.3) is 11.8 Å². The first-order valence-corrected chi connectivity index (χ1v) is 36.8. The van der Waals surface area contributed by atoms with Crippen molar-refractivity contribution in [2.24, 2.45) is 39.6 Å². The van der Waals surface area contributed by atoms with E-state index in [1.165, 1.54) is 19.1 Å². The van der Waals surface area contributed by atoms with E-state index in [-0.39, 0.29) is 112 Å². The number of alkyl carbamates (subject to hydrolysis) is 1. The first-order chi connectivity index (χ1) is 51.3. The smallest absolute Gasteiger partial charge is 0.409 e. The predicted octanol–water partition coefficient (Wildman–Crippen LogP) is -3.38. The summed E-state index contributed by atoms with van der Waals surface area (Å²) < 4.78 is 20.4. The molecule has 12 amide bonds. The van der Waals surface area contributed by atoms with Crippen LogP contribution in [-0.4, -0.2) is 241 Å². The lowest BCUT2D eigenvalue weighted by molar-refractivity contribution is -0.136. The number of aromatic amines is 1. The van der Waals surface area contributed by atoms with Crippen molar-refractivity contribution < 1.29 is 76.9 Å². The van der Waals surface area contributed by atoms with Crippen molar-refractivity contribution in [3.8, 4) is 0 Å². The van der Waals surface area contributed by atoms with Crippen LogP contribution in [0, 0.1) is 25.6 Å². The maximum Gasteiger partial charge on any atom is 0.409 e. The number of hydrogen-bond acceptors (Lipinski definition) is 22. The molecule has 13 atom stereocenters. The van der Waals surface area contributed by atoms with E-state index in [1.807, 2.05) is 13.8 Å². The highest BCUT2D eigenvalue weighted by Crippen LogP contribution is 2.39. The maximum absolute atomic E-state index is 14.9. The van der Waals surface area contributed by atoms with Crippen LogP contribution in [-0.2, 0) is 59.1 Å². The van der Waals surface area contributed by atoms with E-state index in [2.05, 4.69) is 82.6 Å². The number of anilines is 1. The van der Waals surface area contributed by atoms with Gasteiger partial charge in [0.1, 0.15) is 54.2 Å². The highest BCUT2D eigenvalue weighted by Gasteiger charge is 2.39. The maximum atomic E-state index is 14.9. The monoisotopic (exact) mass is 1530 g/mol. The van der Waals surface area contributed by atoms with Crippen molar-refractivity contribution in [2.45, 2.75) is 179 Å². The van der Waals surface area contributed by atoms with Gasteiger partial charge in [-0.3, -0.25) is 62.6 Å². The molecule has 108 heavy (non-hydrogen) atoms. The molecule has 2 aliphatic rings. The fraction of sp³-hybridized carbons (Fsp3) is 0.563. The number of aliphatic imine (C=N–C) groups is 1. The molecule has 0 fully saturated rings. The standard InChI is InChI=1S/C71H110FN20O15P/c1-9-91(10-2)31-30-79-66(102)56-38(5)52(80-39(56)6)35-45-44-34-43(72)16-17-55(44)92(70(45)105)36-107-71(106)88-49(21-27-76)63(99)89-58(41(8)94)68(104)84-48(20-26-75)59(95)83-50-23-29-78-67(103)57(40(7)93)90-69(108)51(22-28-77)85-60(96)46(18-24-73)82-64(100)53(32-37(3)4)86-65(101)54(33-42-14-12-11-13-15-42)87-61(97)47(19-25-74)81-62(50)98/h11-17,34-35,37,40-41,46-51,53-54,57-58,80,93-94H,9-10,18-33,36,73-77,108H2,1-8H3,(H,78,103)(H,79,102)(H,81,98)(H,82,100)(H,83,95)(H,84,104)(H,85,96)(H,86,101)(H,87,97)(H,88,106)(H,89,99)/b45-35-,90-69?/t40-,41-,46+,47+,48+,49+,50+,51+,53+,54-,57+,58+/m1/s1. The van der Waals surface area contributed by atoms with Gasteiger partial charge in [0.05, 0.1) is 40.5 Å². The topological polar surface area (TPSA) is 552 Å². The number of halogens is 1. The third-order valence-electron chi connectivity index (χ3n) is 18.1. The Labute approximate surface area is 629 Å². The highest BCUT2D eigenvalue weighted by atomic mass is 31.0. The molecule has 0 bridgehead atoms. The number of nitrogens with one attached hydrogen (secondary N) is 12. The van der Waals surface area contributed by atoms with Gasteiger partial charge in [0, 0.05) is 43.0 Å². The van der Waals surface area contributed by atoms with Crippen molar-refractivity contribution in [1.82, 2.24) is 68.4 Å². The van der Waals surface area contributed by atoms with Crippen LogP contribution in [0.5, 0.6) is 0 Å². The molecule has 2 aromatic carbocycles. The number of aromatic nitrogens is 1. The molecular weight excluding hydrogens is 1420 g/mol. The Kier molecular flexibility index (Phi) is 36.5. The molecule has 1 unspecified atom stereocenters. The summed E-state index contributed by atoms with van der Waals surface area (Å²) in [5.41, 5.74) is 32.5. The highest BCUT2D eigenvalue weighted by molar-refractivity contribution is 7.41. The third kappa shape index (κ3) is 26.2. The zero-order valence-corrected chi connectivity index (χ0v) is 63.7. The van der Waals surface area contributed by atoms with Crippen LogP contribution >= 0.6 is 9.24 Å². The summed E-state index contributed by atoms with van der Waals surface area (Å²) in [6.45, 7) is 14.0. The number of rotatable bonds is 32. The summed E-state index contributed by atoms with van der Waals surface area (Å²) >= 11 is 0. The number of aliphatic hydroxyl groups is 2. The second-order valence-corrected chi connectivity index (χ2v) is 27.4. The van der Waals surface area contributed by atoms with E-state index in [0.29, 0.717) is 41.2 Å². The number of amides is 12. The molecule has 24 N–H and O–H groups in total. The van der Waals surface area contributed by atoms with Gasteiger partial charge < -0.3 is 112 Å². The van der Waals surface area contributed by atoms with Crippen LogP contribution in [0.15, 0.2) is 53.5 Å². The van der Waals surface area contributed by atoms with Gasteiger partial charge >= 0.3 is 6.09 Å². The summed E-state index contributed by atoms with van der Waals surface area (Å²) in [7, 11) is 2.31. The molecule has 1 aromatic heterocycles. The first kappa shape index (κ1) is 89.2. The molecule has 5 rings (SSSR count). The van der Waals surface area contributed by atoms with E-state index in [1.54, 1.807) is 58.0 Å². The number of nitrogens with zero attached hydrogens (tertiary/aromatic N) is 3. The number of aliphatic hydroxyl groups excluding tert-OH is 2. The van der Waals surface area contributed by atoms with Gasteiger partial charge in [-0.15, -0.1) is 0 Å². The number of ether oxygens (including phenoxy) is 1. The van der Waals surface area contributed by atoms with Crippen LogP contribution in [0.4, 0.5) is 14.9 Å². The second-order valence-electron chi connectivity index (χ2n) is 26.8. The number of carbonyl (C=O) groups excluding carboxylic acids is 12. The molecule has 0 saturated heterocycles. The number of benzene rings is 2. The largest absolute Gasteiger partial charge is 0.428 e. The quantitative estimate of drug-likeness (QED) is 0.0214. The van der Waals surface area contributed by atoms with Gasteiger partial charge in [-0.05, 0) is 160 Å². The van der Waals surface area contributed by atoms with E-state index < -0.39 is 163 Å². The molecule has 3 aromatic rings. The lowest BCUT2D eigenvalue weighted by atomic mass is 10.00. The second kappa shape index (κ2) is 44.2. The van der Waals surface area contributed by atoms with Gasteiger partial charge in [-0.1, -0.05) is 67.3 Å². The Bertz CT molecular complexity index is 3670. The summed E-state index contributed by atoms with van der Waals surface area (Å²) in [6, 6.07) is -2.85. The van der Waals surface area contributed by atoms with E-state index >= 15 is 0 Å². The summed E-state index contributed by atoms with van der Waals surface area (Å²) in [5, 5.41) is 50.7. The average molecular weight is 1530 g/mol. The Balaban J connectivity index is 1.40. The number of hydrogen-bond donors (Lipinski definition) is 19.